The van der Waals surface area contributed by atoms with Crippen LogP contribution in [0.15, 0.2) is 30.5 Å². The number of halogens is 5. The van der Waals surface area contributed by atoms with Gasteiger partial charge in [0.05, 0.1) is 18.0 Å². The van der Waals surface area contributed by atoms with E-state index in [1.54, 1.807) is 0 Å². The van der Waals surface area contributed by atoms with Gasteiger partial charge >= 0.3 is 12.1 Å². The number of alkyl halides is 3. The number of anilines is 1. The van der Waals surface area contributed by atoms with Gasteiger partial charge in [-0.3, -0.25) is 14.8 Å². The number of carbonyl (C=O) groups is 2. The van der Waals surface area contributed by atoms with E-state index in [2.05, 4.69) is 5.32 Å². The number of nitrogens with zero attached hydrogens (tertiary/aromatic N) is 1. The SMILES string of the molecule is COc1c([C@@H]2C[C@](C)(C(F)(F)F)S[C@H]2C(=O)Nc2cc[n+]([O-])c(C(=O)NO)c2)ccc(F)c1F. The van der Waals surface area contributed by atoms with Crippen LogP contribution < -0.4 is 20.3 Å². The summed E-state index contributed by atoms with van der Waals surface area (Å²) >= 11 is 0.303. The molecule has 1 fully saturated rings. The van der Waals surface area contributed by atoms with Crippen molar-refractivity contribution in [1.82, 2.24) is 5.48 Å². The maximum atomic E-state index is 14.3. The molecule has 0 aliphatic carbocycles. The van der Waals surface area contributed by atoms with Gasteiger partial charge in [-0.1, -0.05) is 6.07 Å². The Morgan fingerprint density at radius 3 is 2.56 bits per heavy atom. The van der Waals surface area contributed by atoms with Gasteiger partial charge in [-0.15, -0.1) is 11.8 Å². The predicted octanol–water partition coefficient (Wildman–Crippen LogP) is 3.27. The fraction of sp³-hybridized carbons (Fsp3) is 0.350. The lowest BCUT2D eigenvalue weighted by atomic mass is 9.85. The molecule has 34 heavy (non-hydrogen) atoms. The van der Waals surface area contributed by atoms with Crippen molar-refractivity contribution in [3.63, 3.8) is 0 Å². The smallest absolute Gasteiger partial charge is 0.403 e. The van der Waals surface area contributed by atoms with Gasteiger partial charge in [0.1, 0.15) is 4.75 Å². The Bertz CT molecular complexity index is 1130. The molecule has 3 N–H and O–H groups in total. The summed E-state index contributed by atoms with van der Waals surface area (Å²) in [6.07, 6.45) is -4.52. The van der Waals surface area contributed by atoms with Gasteiger partial charge < -0.3 is 15.3 Å². The average Bonchev–Trinajstić information content (AvgIpc) is 3.15. The van der Waals surface area contributed by atoms with Crippen molar-refractivity contribution in [2.45, 2.75) is 35.4 Å². The van der Waals surface area contributed by atoms with Gasteiger partial charge in [0.25, 0.3) is 5.69 Å². The topological polar surface area (TPSA) is 115 Å². The number of thioether (sulfide) groups is 1. The van der Waals surface area contributed by atoms with Gasteiger partial charge in [0, 0.05) is 23.6 Å². The Morgan fingerprint density at radius 1 is 1.29 bits per heavy atom. The molecule has 2 amide bonds. The first-order valence-electron chi connectivity index (χ1n) is 9.58. The van der Waals surface area contributed by atoms with Crippen molar-refractivity contribution >= 4 is 29.3 Å². The molecule has 3 atom stereocenters. The van der Waals surface area contributed by atoms with Gasteiger partial charge in [-0.25, -0.2) is 9.87 Å². The number of hydrogen-bond acceptors (Lipinski definition) is 6. The molecule has 0 spiro atoms. The molecule has 0 saturated carbocycles. The lowest BCUT2D eigenvalue weighted by Gasteiger charge is -2.26. The van der Waals surface area contributed by atoms with Crippen molar-refractivity contribution < 1.29 is 46.2 Å². The zero-order valence-corrected chi connectivity index (χ0v) is 18.4. The maximum Gasteiger partial charge on any atom is 0.403 e. The summed E-state index contributed by atoms with van der Waals surface area (Å²) in [5.74, 6) is -6.62. The quantitative estimate of drug-likeness (QED) is 0.188. The van der Waals surface area contributed by atoms with Crippen molar-refractivity contribution in [2.24, 2.45) is 0 Å². The Kier molecular flexibility index (Phi) is 6.94. The molecule has 184 valence electrons. The molecule has 0 radical (unpaired) electrons. The number of hydroxylamine groups is 1. The first-order chi connectivity index (χ1) is 15.8. The van der Waals surface area contributed by atoms with Crippen LogP contribution in [0.25, 0.3) is 0 Å². The van der Waals surface area contributed by atoms with E-state index in [-0.39, 0.29) is 16.0 Å². The van der Waals surface area contributed by atoms with Gasteiger partial charge in [0.15, 0.2) is 17.8 Å². The molecule has 3 rings (SSSR count). The van der Waals surface area contributed by atoms with Crippen LogP contribution in [-0.2, 0) is 4.79 Å². The van der Waals surface area contributed by atoms with E-state index >= 15 is 0 Å². The number of pyridine rings is 1. The van der Waals surface area contributed by atoms with E-state index in [0.717, 1.165) is 44.5 Å². The van der Waals surface area contributed by atoms with Gasteiger partial charge in [-0.05, 0) is 19.4 Å². The number of aromatic nitrogens is 1. The average molecular weight is 507 g/mol. The minimum atomic E-state index is -4.73. The molecule has 2 aromatic rings. The molecule has 14 heteroatoms. The van der Waals surface area contributed by atoms with E-state index in [4.69, 9.17) is 9.94 Å². The monoisotopic (exact) mass is 507 g/mol. The number of benzene rings is 1. The van der Waals surface area contributed by atoms with Crippen LogP contribution in [-0.4, -0.2) is 40.3 Å². The zero-order chi connectivity index (χ0) is 25.4. The molecule has 1 aromatic carbocycles. The van der Waals surface area contributed by atoms with Crippen LogP contribution in [0.4, 0.5) is 27.6 Å². The van der Waals surface area contributed by atoms with Crippen LogP contribution in [0.1, 0.15) is 35.3 Å². The van der Waals surface area contributed by atoms with Gasteiger partial charge in [-0.2, -0.15) is 22.3 Å². The molecule has 0 unspecified atom stereocenters. The van der Waals surface area contributed by atoms with Gasteiger partial charge in [0.2, 0.25) is 11.7 Å². The number of amides is 2. The highest BCUT2D eigenvalue weighted by Crippen LogP contribution is 2.59. The summed E-state index contributed by atoms with van der Waals surface area (Å²) < 4.78 is 72.0. The molecule has 1 aliphatic heterocycles. The summed E-state index contributed by atoms with van der Waals surface area (Å²) in [4.78, 5) is 24.6. The number of rotatable bonds is 5. The second-order valence-corrected chi connectivity index (χ2v) is 9.26. The molecular formula is C20H18F5N3O5S. The molecule has 0 bridgehead atoms. The number of carbonyl (C=O) groups excluding carboxylic acids is 2. The second-order valence-electron chi connectivity index (χ2n) is 7.62. The van der Waals surface area contributed by atoms with Crippen molar-refractivity contribution in [2.75, 3.05) is 12.4 Å². The Balaban J connectivity index is 2.01. The van der Waals surface area contributed by atoms with Crippen molar-refractivity contribution in [3.8, 4) is 5.75 Å². The maximum absolute atomic E-state index is 14.3. The number of methoxy groups -OCH3 is 1. The molecule has 1 saturated heterocycles. The first-order valence-corrected chi connectivity index (χ1v) is 10.5. The minimum Gasteiger partial charge on any atom is -0.618 e. The van der Waals surface area contributed by atoms with Crippen LogP contribution >= 0.6 is 11.8 Å². The fourth-order valence-corrected chi connectivity index (χ4v) is 5.22. The minimum absolute atomic E-state index is 0.0984. The Hall–Kier alpha value is -3.13. The van der Waals surface area contributed by atoms with E-state index < -0.39 is 63.4 Å². The molecule has 8 nitrogen and oxygen atoms in total. The van der Waals surface area contributed by atoms with Crippen LogP contribution in [0, 0.1) is 16.8 Å². The van der Waals surface area contributed by atoms with Crippen molar-refractivity contribution in [3.05, 3.63) is 58.6 Å². The number of hydrogen-bond donors (Lipinski definition) is 3. The summed E-state index contributed by atoms with van der Waals surface area (Å²) in [6, 6.07) is 3.80. The Labute approximate surface area is 193 Å². The normalized spacial score (nSPS) is 22.4. The standard InChI is InChI=1S/C20H18F5N3O5S/c1-19(20(23,24)25)8-11(10-3-4-12(21)14(22)15(10)33-2)16(34-19)18(30)26-9-5-6-28(32)13(7-9)17(29)27-31/h3-7,11,16,31H,8H2,1-2H3,(H,26,30)(H,27,29)/t11-,16+,19+/m0/s1. The summed E-state index contributed by atoms with van der Waals surface area (Å²) in [5.41, 5.74) is 0.420. The number of ether oxygens (including phenoxy) is 1. The fourth-order valence-electron chi connectivity index (χ4n) is 3.68. The predicted molar refractivity (Wildman–Crippen MR) is 109 cm³/mol. The highest BCUT2D eigenvalue weighted by Gasteiger charge is 2.60. The van der Waals surface area contributed by atoms with Crippen LogP contribution in [0.5, 0.6) is 5.75 Å². The lowest BCUT2D eigenvalue weighted by Crippen LogP contribution is -2.39. The van der Waals surface area contributed by atoms with Crippen LogP contribution in [0.2, 0.25) is 0 Å². The van der Waals surface area contributed by atoms with Crippen LogP contribution in [0.3, 0.4) is 0 Å². The third-order valence-corrected chi connectivity index (χ3v) is 7.14. The molecule has 1 aromatic heterocycles. The molecule has 2 heterocycles. The molecular weight excluding hydrogens is 489 g/mol. The summed E-state index contributed by atoms with van der Waals surface area (Å²) in [7, 11) is 1.03. The van der Waals surface area contributed by atoms with E-state index in [1.165, 1.54) is 5.48 Å². The highest BCUT2D eigenvalue weighted by atomic mass is 32.2. The first kappa shape index (κ1) is 25.5. The largest absolute Gasteiger partial charge is 0.618 e. The highest BCUT2D eigenvalue weighted by molar-refractivity contribution is 8.02. The van der Waals surface area contributed by atoms with E-state index in [9.17, 15) is 36.7 Å². The van der Waals surface area contributed by atoms with E-state index in [0.29, 0.717) is 11.8 Å². The zero-order valence-electron chi connectivity index (χ0n) is 17.6. The lowest BCUT2D eigenvalue weighted by molar-refractivity contribution is -0.607. The number of nitrogens with one attached hydrogen (secondary N) is 2. The van der Waals surface area contributed by atoms with Crippen molar-refractivity contribution in [1.29, 1.82) is 0 Å². The summed E-state index contributed by atoms with van der Waals surface area (Å²) in [6.45, 7) is 0.900. The Morgan fingerprint density at radius 2 is 1.97 bits per heavy atom. The third kappa shape index (κ3) is 4.59. The third-order valence-electron chi connectivity index (χ3n) is 5.42. The summed E-state index contributed by atoms with van der Waals surface area (Å²) in [5, 5.41) is 21.3. The second kappa shape index (κ2) is 9.25. The molecule has 1 aliphatic rings. The van der Waals surface area contributed by atoms with E-state index in [1.807, 2.05) is 0 Å².